The van der Waals surface area contributed by atoms with E-state index in [1.165, 1.54) is 50.5 Å². The Balaban J connectivity index is 1.49. The Labute approximate surface area is 181 Å². The molecule has 0 N–H and O–H groups in total. The van der Waals surface area contributed by atoms with Gasteiger partial charge in [-0.15, -0.1) is 0 Å². The van der Waals surface area contributed by atoms with Crippen LogP contribution in [-0.4, -0.2) is 5.97 Å². The second kappa shape index (κ2) is 11.0. The summed E-state index contributed by atoms with van der Waals surface area (Å²) in [7, 11) is 0. The summed E-state index contributed by atoms with van der Waals surface area (Å²) in [4.78, 5) is 12.4. The fraction of sp³-hybridized carbons (Fsp3) is 0.481. The summed E-state index contributed by atoms with van der Waals surface area (Å²) in [6, 6.07) is 16.4. The van der Waals surface area contributed by atoms with Gasteiger partial charge >= 0.3 is 5.97 Å². The molecule has 3 heteroatoms. The standard InChI is InChI=1S/C27H33NO2/c1-3-4-5-21-6-12-24(13-7-21)20(2)18-22-8-14-25(15-9-22)27(29)30-26-16-10-23(19-28)11-17-26/h8-11,14-17,20-21,24H,3-7,12-13,18H2,1-2H3. The number of carbonyl (C=O) groups is 1. The Morgan fingerprint density at radius 3 is 2.33 bits per heavy atom. The molecule has 2 aromatic carbocycles. The van der Waals surface area contributed by atoms with Crippen LogP contribution in [0.5, 0.6) is 5.75 Å². The maximum absolute atomic E-state index is 12.4. The maximum atomic E-state index is 12.4. The molecule has 158 valence electrons. The number of unbranched alkanes of at least 4 members (excludes halogenated alkanes) is 1. The van der Waals surface area contributed by atoms with Crippen LogP contribution in [0.4, 0.5) is 0 Å². The summed E-state index contributed by atoms with van der Waals surface area (Å²) in [5.74, 6) is 2.53. The average molecular weight is 404 g/mol. The number of hydrogen-bond donors (Lipinski definition) is 0. The van der Waals surface area contributed by atoms with Crippen LogP contribution in [-0.2, 0) is 6.42 Å². The molecule has 0 heterocycles. The van der Waals surface area contributed by atoms with Crippen LogP contribution < -0.4 is 4.74 Å². The van der Waals surface area contributed by atoms with Gasteiger partial charge in [-0.2, -0.15) is 5.26 Å². The monoisotopic (exact) mass is 403 g/mol. The van der Waals surface area contributed by atoms with Crippen LogP contribution in [0.15, 0.2) is 48.5 Å². The smallest absolute Gasteiger partial charge is 0.343 e. The first-order valence-electron chi connectivity index (χ1n) is 11.4. The molecule has 1 unspecified atom stereocenters. The first-order chi connectivity index (χ1) is 14.6. The largest absolute Gasteiger partial charge is 0.423 e. The first-order valence-corrected chi connectivity index (χ1v) is 11.4. The van der Waals surface area contributed by atoms with Gasteiger partial charge in [0, 0.05) is 0 Å². The minimum atomic E-state index is -0.371. The Bertz CT molecular complexity index is 840. The Morgan fingerprint density at radius 1 is 1.07 bits per heavy atom. The molecule has 30 heavy (non-hydrogen) atoms. The van der Waals surface area contributed by atoms with Crippen molar-refractivity contribution in [1.29, 1.82) is 5.26 Å². The van der Waals surface area contributed by atoms with Gasteiger partial charge in [-0.1, -0.05) is 58.1 Å². The Kier molecular flexibility index (Phi) is 8.08. The van der Waals surface area contributed by atoms with Gasteiger partial charge in [-0.3, -0.25) is 0 Å². The number of benzene rings is 2. The molecule has 0 aromatic heterocycles. The molecule has 1 aliphatic carbocycles. The zero-order chi connectivity index (χ0) is 21.3. The summed E-state index contributed by atoms with van der Waals surface area (Å²) in [6.45, 7) is 4.66. The lowest BCUT2D eigenvalue weighted by Gasteiger charge is -2.32. The first kappa shape index (κ1) is 22.1. The molecule has 0 bridgehead atoms. The summed E-state index contributed by atoms with van der Waals surface area (Å²) >= 11 is 0. The van der Waals surface area contributed by atoms with Gasteiger partial charge in [0.05, 0.1) is 17.2 Å². The van der Waals surface area contributed by atoms with Crippen LogP contribution >= 0.6 is 0 Å². The molecule has 0 saturated heterocycles. The fourth-order valence-electron chi connectivity index (χ4n) is 4.62. The predicted octanol–water partition coefficient (Wildman–Crippen LogP) is 6.95. The van der Waals surface area contributed by atoms with Crippen molar-refractivity contribution in [2.45, 2.75) is 65.2 Å². The van der Waals surface area contributed by atoms with Gasteiger partial charge < -0.3 is 4.74 Å². The highest BCUT2D eigenvalue weighted by Crippen LogP contribution is 2.36. The van der Waals surface area contributed by atoms with E-state index in [-0.39, 0.29) is 5.97 Å². The fourth-order valence-corrected chi connectivity index (χ4v) is 4.62. The summed E-state index contributed by atoms with van der Waals surface area (Å²) in [5.41, 5.74) is 2.38. The van der Waals surface area contributed by atoms with E-state index in [1.54, 1.807) is 24.3 Å². The number of rotatable bonds is 8. The van der Waals surface area contributed by atoms with Gasteiger partial charge in [0.2, 0.25) is 0 Å². The number of carbonyl (C=O) groups excluding carboxylic acids is 1. The second-order valence-electron chi connectivity index (χ2n) is 8.83. The molecular formula is C27H33NO2. The van der Waals surface area contributed by atoms with Gasteiger partial charge in [-0.05, 0) is 79.0 Å². The van der Waals surface area contributed by atoms with Gasteiger partial charge in [0.25, 0.3) is 0 Å². The van der Waals surface area contributed by atoms with Crippen LogP contribution in [0, 0.1) is 29.1 Å². The third kappa shape index (κ3) is 6.20. The van der Waals surface area contributed by atoms with Crippen molar-refractivity contribution >= 4 is 5.97 Å². The average Bonchev–Trinajstić information content (AvgIpc) is 2.79. The van der Waals surface area contributed by atoms with Crippen LogP contribution in [0.3, 0.4) is 0 Å². The van der Waals surface area contributed by atoms with Crippen molar-refractivity contribution < 1.29 is 9.53 Å². The van der Waals surface area contributed by atoms with E-state index in [4.69, 9.17) is 10.00 Å². The van der Waals surface area contributed by atoms with E-state index in [0.29, 0.717) is 22.8 Å². The molecule has 1 fully saturated rings. The molecule has 2 aromatic rings. The molecule has 3 nitrogen and oxygen atoms in total. The molecule has 0 amide bonds. The third-order valence-electron chi connectivity index (χ3n) is 6.60. The number of nitriles is 1. The molecule has 1 aliphatic rings. The van der Waals surface area contributed by atoms with Gasteiger partial charge in [0.1, 0.15) is 5.75 Å². The minimum absolute atomic E-state index is 0.371. The van der Waals surface area contributed by atoms with Crippen molar-refractivity contribution in [2.24, 2.45) is 17.8 Å². The Hall–Kier alpha value is -2.60. The normalized spacial score (nSPS) is 19.6. The molecule has 0 spiro atoms. The minimum Gasteiger partial charge on any atom is -0.423 e. The Morgan fingerprint density at radius 2 is 1.73 bits per heavy atom. The molecule has 0 radical (unpaired) electrons. The lowest BCUT2D eigenvalue weighted by molar-refractivity contribution is 0.0734. The SMILES string of the molecule is CCCCC1CCC(C(C)Cc2ccc(C(=O)Oc3ccc(C#N)cc3)cc2)CC1. The van der Waals surface area contributed by atoms with Crippen molar-refractivity contribution in [2.75, 3.05) is 0 Å². The van der Waals surface area contributed by atoms with Gasteiger partial charge in [0.15, 0.2) is 0 Å². The van der Waals surface area contributed by atoms with Crippen molar-refractivity contribution in [1.82, 2.24) is 0 Å². The van der Waals surface area contributed by atoms with E-state index in [0.717, 1.165) is 18.3 Å². The summed E-state index contributed by atoms with van der Waals surface area (Å²) < 4.78 is 5.41. The molecular weight excluding hydrogens is 370 g/mol. The van der Waals surface area contributed by atoms with Crippen molar-refractivity contribution in [3.8, 4) is 11.8 Å². The highest BCUT2D eigenvalue weighted by Gasteiger charge is 2.25. The number of nitrogens with zero attached hydrogens (tertiary/aromatic N) is 1. The van der Waals surface area contributed by atoms with Crippen molar-refractivity contribution in [3.05, 3.63) is 65.2 Å². The number of esters is 1. The van der Waals surface area contributed by atoms with E-state index in [2.05, 4.69) is 32.0 Å². The van der Waals surface area contributed by atoms with E-state index in [9.17, 15) is 4.79 Å². The van der Waals surface area contributed by atoms with Crippen molar-refractivity contribution in [3.63, 3.8) is 0 Å². The highest BCUT2D eigenvalue weighted by atomic mass is 16.5. The zero-order valence-corrected chi connectivity index (χ0v) is 18.3. The zero-order valence-electron chi connectivity index (χ0n) is 18.3. The summed E-state index contributed by atoms with van der Waals surface area (Å²) in [6.07, 6.45) is 10.7. The summed E-state index contributed by atoms with van der Waals surface area (Å²) in [5, 5.41) is 8.84. The van der Waals surface area contributed by atoms with Crippen LogP contribution in [0.2, 0.25) is 0 Å². The van der Waals surface area contributed by atoms with Gasteiger partial charge in [-0.25, -0.2) is 4.79 Å². The van der Waals surface area contributed by atoms with Crippen LogP contribution in [0.25, 0.3) is 0 Å². The molecule has 3 rings (SSSR count). The lowest BCUT2D eigenvalue weighted by atomic mass is 9.73. The number of hydrogen-bond acceptors (Lipinski definition) is 3. The van der Waals surface area contributed by atoms with Crippen LogP contribution in [0.1, 0.15) is 80.3 Å². The highest BCUT2D eigenvalue weighted by molar-refractivity contribution is 5.91. The third-order valence-corrected chi connectivity index (χ3v) is 6.60. The topological polar surface area (TPSA) is 50.1 Å². The molecule has 0 aliphatic heterocycles. The molecule has 1 atom stereocenters. The second-order valence-corrected chi connectivity index (χ2v) is 8.83. The quantitative estimate of drug-likeness (QED) is 0.354. The molecule has 1 saturated carbocycles. The number of ether oxygens (including phenoxy) is 1. The maximum Gasteiger partial charge on any atom is 0.343 e. The van der Waals surface area contributed by atoms with E-state index in [1.807, 2.05) is 12.1 Å². The lowest BCUT2D eigenvalue weighted by Crippen LogP contribution is -2.21. The predicted molar refractivity (Wildman–Crippen MR) is 120 cm³/mol. The van der Waals surface area contributed by atoms with E-state index < -0.39 is 0 Å². The van der Waals surface area contributed by atoms with E-state index >= 15 is 0 Å².